The van der Waals surface area contributed by atoms with Crippen LogP contribution in [0.3, 0.4) is 0 Å². The van der Waals surface area contributed by atoms with Crippen molar-refractivity contribution in [2.45, 2.75) is 13.8 Å². The molecule has 0 aliphatic heterocycles. The molecule has 0 spiro atoms. The molecule has 0 bridgehead atoms. The Labute approximate surface area is 171 Å². The van der Waals surface area contributed by atoms with Crippen molar-refractivity contribution in [1.29, 1.82) is 0 Å². The second-order valence-corrected chi connectivity index (χ2v) is 6.59. The predicted molar refractivity (Wildman–Crippen MR) is 114 cm³/mol. The van der Waals surface area contributed by atoms with Gasteiger partial charge >= 0.3 is 0 Å². The SMILES string of the molecule is COc1cc(C#Cc2ccc(C)c(F)c2)cc(OC)c1C#Cc1ccc(C)cc1. The van der Waals surface area contributed by atoms with Crippen molar-refractivity contribution < 1.29 is 13.9 Å². The van der Waals surface area contributed by atoms with Crippen LogP contribution in [0.4, 0.5) is 4.39 Å². The Morgan fingerprint density at radius 3 is 1.79 bits per heavy atom. The van der Waals surface area contributed by atoms with Gasteiger partial charge in [-0.3, -0.25) is 0 Å². The second-order valence-electron chi connectivity index (χ2n) is 6.59. The first-order valence-electron chi connectivity index (χ1n) is 9.13. The van der Waals surface area contributed by atoms with Gasteiger partial charge in [0.25, 0.3) is 0 Å². The smallest absolute Gasteiger partial charge is 0.139 e. The molecule has 144 valence electrons. The van der Waals surface area contributed by atoms with Crippen molar-refractivity contribution >= 4 is 0 Å². The van der Waals surface area contributed by atoms with E-state index in [1.165, 1.54) is 11.6 Å². The quantitative estimate of drug-likeness (QED) is 0.561. The highest BCUT2D eigenvalue weighted by atomic mass is 19.1. The van der Waals surface area contributed by atoms with Crippen LogP contribution in [0, 0.1) is 43.3 Å². The minimum Gasteiger partial charge on any atom is -0.495 e. The molecule has 3 aromatic carbocycles. The Bertz CT molecular complexity index is 1130. The normalized spacial score (nSPS) is 9.69. The van der Waals surface area contributed by atoms with Gasteiger partial charge in [-0.15, -0.1) is 0 Å². The average Bonchev–Trinajstić information content (AvgIpc) is 2.74. The Morgan fingerprint density at radius 2 is 1.21 bits per heavy atom. The molecular weight excluding hydrogens is 363 g/mol. The standard InChI is InChI=1S/C26H21FO2/c1-18-5-8-20(9-6-18)13-14-23-25(28-3)16-22(17-26(23)29-4)12-11-21-10-7-19(2)24(27)15-21/h5-10,15-17H,1-4H3. The molecule has 3 rings (SSSR count). The van der Waals surface area contributed by atoms with Crippen LogP contribution in [-0.2, 0) is 0 Å². The fourth-order valence-electron chi connectivity index (χ4n) is 2.69. The summed E-state index contributed by atoms with van der Waals surface area (Å²) >= 11 is 0. The first kappa shape index (κ1) is 20.1. The first-order valence-corrected chi connectivity index (χ1v) is 9.13. The largest absolute Gasteiger partial charge is 0.495 e. The molecule has 0 fully saturated rings. The van der Waals surface area contributed by atoms with Crippen molar-refractivity contribution in [3.8, 4) is 35.2 Å². The fraction of sp³-hybridized carbons (Fsp3) is 0.154. The van der Waals surface area contributed by atoms with Crippen molar-refractivity contribution in [3.05, 3.63) is 93.8 Å². The summed E-state index contributed by atoms with van der Waals surface area (Å²) in [4.78, 5) is 0. The van der Waals surface area contributed by atoms with Crippen molar-refractivity contribution in [2.24, 2.45) is 0 Å². The topological polar surface area (TPSA) is 18.5 Å². The number of hydrogen-bond acceptors (Lipinski definition) is 2. The van der Waals surface area contributed by atoms with Gasteiger partial charge in [0, 0.05) is 16.7 Å². The van der Waals surface area contributed by atoms with Crippen LogP contribution in [-0.4, -0.2) is 14.2 Å². The molecule has 29 heavy (non-hydrogen) atoms. The molecule has 0 saturated carbocycles. The Hall–Kier alpha value is -3.69. The van der Waals surface area contributed by atoms with Crippen LogP contribution >= 0.6 is 0 Å². The average molecular weight is 384 g/mol. The van der Waals surface area contributed by atoms with E-state index in [0.717, 1.165) is 5.56 Å². The van der Waals surface area contributed by atoms with Crippen LogP contribution in [0.1, 0.15) is 33.4 Å². The van der Waals surface area contributed by atoms with E-state index in [2.05, 4.69) is 23.7 Å². The minimum atomic E-state index is -0.270. The summed E-state index contributed by atoms with van der Waals surface area (Å²) in [7, 11) is 3.16. The van der Waals surface area contributed by atoms with Crippen LogP contribution in [0.25, 0.3) is 0 Å². The molecule has 3 aromatic rings. The highest BCUT2D eigenvalue weighted by molar-refractivity contribution is 5.61. The van der Waals surface area contributed by atoms with Crippen molar-refractivity contribution in [3.63, 3.8) is 0 Å². The zero-order valence-corrected chi connectivity index (χ0v) is 16.9. The lowest BCUT2D eigenvalue weighted by atomic mass is 10.1. The van der Waals surface area contributed by atoms with E-state index < -0.39 is 0 Å². The number of ether oxygens (including phenoxy) is 2. The highest BCUT2D eigenvalue weighted by Gasteiger charge is 2.10. The van der Waals surface area contributed by atoms with Gasteiger partial charge in [-0.05, 0) is 55.8 Å². The van der Waals surface area contributed by atoms with Gasteiger partial charge in [0.2, 0.25) is 0 Å². The lowest BCUT2D eigenvalue weighted by molar-refractivity contribution is 0.392. The number of benzene rings is 3. The summed E-state index contributed by atoms with van der Waals surface area (Å²) in [6, 6.07) is 16.5. The van der Waals surface area contributed by atoms with E-state index in [4.69, 9.17) is 9.47 Å². The summed E-state index contributed by atoms with van der Waals surface area (Å²) in [5, 5.41) is 0. The van der Waals surface area contributed by atoms with E-state index in [1.54, 1.807) is 45.4 Å². The number of aryl methyl sites for hydroxylation is 2. The van der Waals surface area contributed by atoms with Gasteiger partial charge in [-0.25, -0.2) is 4.39 Å². The molecule has 0 aliphatic carbocycles. The van der Waals surface area contributed by atoms with Crippen LogP contribution in [0.2, 0.25) is 0 Å². The third kappa shape index (κ3) is 4.98. The Balaban J connectivity index is 1.98. The number of halogens is 1. The minimum absolute atomic E-state index is 0.270. The molecule has 0 atom stereocenters. The van der Waals surface area contributed by atoms with Gasteiger partial charge in [0.05, 0.1) is 14.2 Å². The van der Waals surface area contributed by atoms with Gasteiger partial charge in [0.1, 0.15) is 22.9 Å². The molecule has 0 aliphatic rings. The molecule has 0 radical (unpaired) electrons. The summed E-state index contributed by atoms with van der Waals surface area (Å²) in [5.74, 6) is 13.2. The van der Waals surface area contributed by atoms with Crippen molar-refractivity contribution in [1.82, 2.24) is 0 Å². The molecular formula is C26H21FO2. The summed E-state index contributed by atoms with van der Waals surface area (Å²) < 4.78 is 24.7. The molecule has 2 nitrogen and oxygen atoms in total. The maximum Gasteiger partial charge on any atom is 0.139 e. The summed E-state index contributed by atoms with van der Waals surface area (Å²) in [5.41, 5.74) is 4.64. The van der Waals surface area contributed by atoms with Gasteiger partial charge in [-0.1, -0.05) is 47.4 Å². The van der Waals surface area contributed by atoms with Crippen LogP contribution in [0.5, 0.6) is 11.5 Å². The van der Waals surface area contributed by atoms with E-state index in [0.29, 0.717) is 33.8 Å². The maximum atomic E-state index is 13.7. The zero-order chi connectivity index (χ0) is 20.8. The Morgan fingerprint density at radius 1 is 0.655 bits per heavy atom. The monoisotopic (exact) mass is 384 g/mol. The van der Waals surface area contributed by atoms with E-state index in [1.807, 2.05) is 31.2 Å². The van der Waals surface area contributed by atoms with Gasteiger partial charge < -0.3 is 9.47 Å². The van der Waals surface area contributed by atoms with Crippen molar-refractivity contribution in [2.75, 3.05) is 14.2 Å². The highest BCUT2D eigenvalue weighted by Crippen LogP contribution is 2.29. The molecule has 0 N–H and O–H groups in total. The fourth-order valence-corrected chi connectivity index (χ4v) is 2.69. The third-order valence-electron chi connectivity index (χ3n) is 4.41. The lowest BCUT2D eigenvalue weighted by Crippen LogP contribution is -1.95. The molecule has 0 heterocycles. The molecule has 0 amide bonds. The van der Waals surface area contributed by atoms with E-state index >= 15 is 0 Å². The lowest BCUT2D eigenvalue weighted by Gasteiger charge is -2.09. The number of hydrogen-bond donors (Lipinski definition) is 0. The summed E-state index contributed by atoms with van der Waals surface area (Å²) in [6.45, 7) is 3.76. The molecule has 0 unspecified atom stereocenters. The van der Waals surface area contributed by atoms with Crippen LogP contribution in [0.15, 0.2) is 54.6 Å². The number of methoxy groups -OCH3 is 2. The number of rotatable bonds is 2. The predicted octanol–water partition coefficient (Wildman–Crippen LogP) is 5.26. The Kier molecular flexibility index (Phi) is 6.22. The van der Waals surface area contributed by atoms with Gasteiger partial charge in [-0.2, -0.15) is 0 Å². The first-order chi connectivity index (χ1) is 14.0. The van der Waals surface area contributed by atoms with E-state index in [9.17, 15) is 4.39 Å². The zero-order valence-electron chi connectivity index (χ0n) is 16.9. The van der Waals surface area contributed by atoms with Crippen LogP contribution < -0.4 is 9.47 Å². The molecule has 0 aromatic heterocycles. The van der Waals surface area contributed by atoms with Gasteiger partial charge in [0.15, 0.2) is 0 Å². The molecule has 3 heteroatoms. The molecule has 0 saturated heterocycles. The van der Waals surface area contributed by atoms with E-state index in [-0.39, 0.29) is 5.82 Å². The third-order valence-corrected chi connectivity index (χ3v) is 4.41. The summed E-state index contributed by atoms with van der Waals surface area (Å²) in [6.07, 6.45) is 0. The maximum absolute atomic E-state index is 13.7. The second kappa shape index (κ2) is 9.00.